The molecular weight excluding hydrogens is 748 g/mol. The van der Waals surface area contributed by atoms with Crippen LogP contribution >= 0.6 is 0 Å². The topological polar surface area (TPSA) is 237 Å². The van der Waals surface area contributed by atoms with Gasteiger partial charge in [0, 0.05) is 72.5 Å². The molecule has 2 aromatic rings. The largest absolute Gasteiger partial charge is 2.00 e. The van der Waals surface area contributed by atoms with E-state index in [9.17, 15) is 40.0 Å². The summed E-state index contributed by atoms with van der Waals surface area (Å²) in [5.74, 6) is -3.25. The molecule has 0 bridgehead atoms. The summed E-state index contributed by atoms with van der Waals surface area (Å²) in [4.78, 5) is 55.7. The molecule has 0 amide bonds. The Morgan fingerprint density at radius 2 is 1.15 bits per heavy atom. The van der Waals surface area contributed by atoms with Gasteiger partial charge in [0.2, 0.25) is 0 Å². The molecule has 0 fully saturated rings. The summed E-state index contributed by atoms with van der Waals surface area (Å²) in [5.41, 5.74) is 0. The van der Waals surface area contributed by atoms with Crippen LogP contribution in [0.1, 0.15) is 11.6 Å². The van der Waals surface area contributed by atoms with Crippen LogP contribution in [0, 0.1) is 34.1 Å². The monoisotopic (exact) mass is 774 g/mol. The number of aromatic nitrogens is 4. The number of carbonyl (C=O) groups excluding carboxylic acids is 2. The van der Waals surface area contributed by atoms with E-state index in [-0.39, 0.29) is 88.3 Å². The number of aryl methyl sites for hydroxylation is 2. The first-order chi connectivity index (χ1) is 17.9. The Kier molecular flexibility index (Phi) is 16.1. The quantitative estimate of drug-likeness (QED) is 0.0887. The van der Waals surface area contributed by atoms with Crippen molar-refractivity contribution in [3.05, 3.63) is 44.3 Å². The zero-order valence-electron chi connectivity index (χ0n) is 21.4. The van der Waals surface area contributed by atoms with Crippen LogP contribution in [0.4, 0.5) is 11.6 Å². The van der Waals surface area contributed by atoms with Crippen LogP contribution in [0.2, 0.25) is 0 Å². The van der Waals surface area contributed by atoms with Gasteiger partial charge in [0.05, 0.1) is 11.9 Å². The summed E-state index contributed by atoms with van der Waals surface area (Å²) >= 11 is 9.98. The number of carboxylic acid groups (broad SMARTS) is 2. The molecule has 0 aromatic carbocycles. The Hall–Kier alpha value is -2.60. The summed E-state index contributed by atoms with van der Waals surface area (Å²) in [6.45, 7) is 3.08. The zero-order valence-corrected chi connectivity index (χ0v) is 25.8. The second-order valence-corrected chi connectivity index (χ2v) is 8.89. The fourth-order valence-corrected chi connectivity index (χ4v) is 4.66. The molecule has 20 heteroatoms. The Balaban J connectivity index is 0.00000760. The van der Waals surface area contributed by atoms with Crippen molar-refractivity contribution in [2.75, 3.05) is 37.7 Å². The number of imidazole rings is 2. The van der Waals surface area contributed by atoms with Gasteiger partial charge in [-0.2, -0.15) is 11.5 Å². The molecule has 0 aliphatic carbocycles. The van der Waals surface area contributed by atoms with Crippen molar-refractivity contribution in [3.8, 4) is 0 Å². The Morgan fingerprint density at radius 1 is 0.825 bits per heavy atom. The van der Waals surface area contributed by atoms with Crippen molar-refractivity contribution in [2.24, 2.45) is 0 Å². The van der Waals surface area contributed by atoms with E-state index in [1.54, 1.807) is 13.8 Å². The smallest absolute Gasteiger partial charge is 0.342 e. The molecule has 40 heavy (non-hydrogen) atoms. The number of carboxylic acids is 2. The van der Waals surface area contributed by atoms with E-state index in [2.05, 4.69) is 9.97 Å². The summed E-state index contributed by atoms with van der Waals surface area (Å²) in [5, 5.41) is 46.2. The van der Waals surface area contributed by atoms with Crippen molar-refractivity contribution in [2.45, 2.75) is 39.0 Å². The fraction of sp³-hybridized carbons (Fsp3) is 0.600. The molecule has 1 radical (unpaired) electrons. The van der Waals surface area contributed by atoms with E-state index in [1.165, 1.54) is 18.9 Å². The number of aliphatic carboxylic acids is 2. The third-order valence-electron chi connectivity index (χ3n) is 6.08. The average molecular weight is 775 g/mol. The van der Waals surface area contributed by atoms with Crippen LogP contribution in [-0.4, -0.2) is 100 Å². The van der Waals surface area contributed by atoms with Crippen molar-refractivity contribution in [1.82, 2.24) is 28.9 Å². The Bertz CT molecular complexity index is 1080. The second-order valence-electron chi connectivity index (χ2n) is 8.22. The maximum Gasteiger partial charge on any atom is 0.342 e. The Morgan fingerprint density at radius 3 is 1.40 bits per heavy atom. The minimum absolute atomic E-state index is 0. The van der Waals surface area contributed by atoms with Crippen molar-refractivity contribution >= 4 is 48.8 Å². The van der Waals surface area contributed by atoms with Crippen molar-refractivity contribution < 1.29 is 55.5 Å². The fourth-order valence-electron chi connectivity index (χ4n) is 3.96. The van der Waals surface area contributed by atoms with Crippen molar-refractivity contribution in [3.63, 3.8) is 0 Å². The third-order valence-corrected chi connectivity index (χ3v) is 6.71. The molecule has 2 atom stereocenters. The molecule has 2 unspecified atom stereocenters. The molecule has 0 aliphatic rings. The number of hydrogen-bond acceptors (Lipinski definition) is 14. The van der Waals surface area contributed by atoms with Gasteiger partial charge in [-0.3, -0.25) is 9.80 Å². The molecule has 0 saturated carbocycles. The van der Waals surface area contributed by atoms with E-state index in [1.807, 2.05) is 0 Å². The predicted molar refractivity (Wildman–Crippen MR) is 133 cm³/mol. The first-order valence-electron chi connectivity index (χ1n) is 11.3. The number of carbonyl (C=O) groups is 2. The van der Waals surface area contributed by atoms with Crippen LogP contribution in [0.5, 0.6) is 0 Å². The zero-order chi connectivity index (χ0) is 28.6. The number of rotatable bonds is 17. The number of nitrogens with zero attached hydrogens (tertiary/aromatic N) is 8. The van der Waals surface area contributed by atoms with E-state index in [4.69, 9.17) is 25.3 Å². The van der Waals surface area contributed by atoms with Gasteiger partial charge in [-0.15, -0.1) is 0 Å². The van der Waals surface area contributed by atoms with Gasteiger partial charge in [0.25, 0.3) is 0 Å². The van der Waals surface area contributed by atoms with Gasteiger partial charge in [-0.1, -0.05) is 0 Å². The van der Waals surface area contributed by atoms with Gasteiger partial charge >= 0.3 is 11.6 Å². The van der Waals surface area contributed by atoms with E-state index in [0.717, 1.165) is 12.4 Å². The molecule has 0 saturated heterocycles. The molecule has 2 rings (SSSR count). The summed E-state index contributed by atoms with van der Waals surface area (Å²) < 4.78 is 2.63. The minimum Gasteiger partial charge on any atom is -2.00 e. The van der Waals surface area contributed by atoms with Gasteiger partial charge in [-0.05, 0) is 9.85 Å². The van der Waals surface area contributed by atoms with Crippen LogP contribution in [-0.2, 0) is 73.8 Å². The molecule has 225 valence electrons. The standard InChI is InChI=1S/C20H30N8O8S2.O.Re/c1-13-21-9-17(27(33)34)25(13)7-5-23(15(11-37)19(29)30)3-4-24(16(12-38)20(31)32)6-8-26-14(2)22-10-18(26)28(35)36;;/h9-10,15-16,37-38H,3-8,11-12H2,1-2H3,(H,29,30)(H,31,32);;/q;-2;/p-4/i;;1+2. The molecule has 0 N–H and O–H groups in total. The maximum atomic E-state index is 11.8. The number of hydrogen-bond donors (Lipinski definition) is 0. The second kappa shape index (κ2) is 17.3. The first kappa shape index (κ1) is 37.4. The van der Waals surface area contributed by atoms with E-state index >= 15 is 0 Å². The molecule has 2 heterocycles. The van der Waals surface area contributed by atoms with Crippen LogP contribution in [0.15, 0.2) is 12.4 Å². The predicted octanol–water partition coefficient (Wildman–Crippen LogP) is -2.97. The van der Waals surface area contributed by atoms with Gasteiger partial charge in [0.1, 0.15) is 25.5 Å². The van der Waals surface area contributed by atoms with E-state index < -0.39 is 33.9 Å². The van der Waals surface area contributed by atoms with Crippen molar-refractivity contribution in [1.29, 1.82) is 0 Å². The molecule has 0 spiro atoms. The summed E-state index contributed by atoms with van der Waals surface area (Å²) in [6, 6.07) is -2.48. The maximum absolute atomic E-state index is 11.8. The van der Waals surface area contributed by atoms with E-state index in [0.29, 0.717) is 11.6 Å². The molecular formula is C20H26N8O9ReS2-6. The average Bonchev–Trinajstić information content (AvgIpc) is 3.40. The summed E-state index contributed by atoms with van der Waals surface area (Å²) in [7, 11) is 0. The van der Waals surface area contributed by atoms with Crippen LogP contribution < -0.4 is 10.2 Å². The SMILES string of the molecule is Cc1ncc([N+](=O)[O-])n1CCN(CCN(CCn1c([N+](=O)[O-])cnc1C)C(C[S-])C(=O)[O-])C(C[S-])C(=O)[O-].[188Re].[O-2]. The molecule has 2 aromatic heterocycles. The minimum atomic E-state index is -1.45. The van der Waals surface area contributed by atoms with Gasteiger partial charge in [-0.25, -0.2) is 19.1 Å². The van der Waals surface area contributed by atoms with Gasteiger partial charge < -0.3 is 70.8 Å². The summed E-state index contributed by atoms with van der Waals surface area (Å²) in [6.07, 6.45) is 2.19. The van der Waals surface area contributed by atoms with Crippen LogP contribution in [0.25, 0.3) is 0 Å². The molecule has 17 nitrogen and oxygen atoms in total. The first-order valence-corrected chi connectivity index (χ1v) is 12.5. The third kappa shape index (κ3) is 9.50. The van der Waals surface area contributed by atoms with Gasteiger partial charge in [0.15, 0.2) is 11.6 Å². The van der Waals surface area contributed by atoms with Crippen LogP contribution in [0.3, 0.4) is 0 Å². The Labute approximate surface area is 253 Å². The number of nitro groups is 2. The normalized spacial score (nSPS) is 12.4. The molecule has 0 aliphatic heterocycles.